The zero-order valence-electron chi connectivity index (χ0n) is 11.3. The van der Waals surface area contributed by atoms with Crippen LogP contribution in [-0.2, 0) is 0 Å². The normalized spacial score (nSPS) is 29.0. The molecule has 0 aromatic carbocycles. The zero-order valence-corrected chi connectivity index (χ0v) is 13.0. The lowest BCUT2D eigenvalue weighted by Crippen LogP contribution is -2.31. The summed E-state index contributed by atoms with van der Waals surface area (Å²) in [5.41, 5.74) is 0. The molecule has 0 amide bonds. The molecule has 2 unspecified atom stereocenters. The van der Waals surface area contributed by atoms with Crippen molar-refractivity contribution in [3.63, 3.8) is 0 Å². The topological polar surface area (TPSA) is 15.6 Å². The first-order valence-corrected chi connectivity index (χ1v) is 8.44. The Bertz CT molecular complexity index is 281. The van der Waals surface area contributed by atoms with Gasteiger partial charge in [0.2, 0.25) is 0 Å². The highest BCUT2D eigenvalue weighted by Crippen LogP contribution is 2.41. The fourth-order valence-electron chi connectivity index (χ4n) is 2.60. The number of nitrogens with zero attached hydrogens (tertiary/aromatic N) is 2. The Morgan fingerprint density at radius 1 is 1.18 bits per heavy atom. The van der Waals surface area contributed by atoms with Gasteiger partial charge in [-0.25, -0.2) is 4.31 Å². The van der Waals surface area contributed by atoms with E-state index in [1.54, 1.807) is 0 Å². The van der Waals surface area contributed by atoms with E-state index in [4.69, 9.17) is 4.99 Å². The minimum atomic E-state index is 0.575. The second-order valence-electron chi connectivity index (χ2n) is 5.54. The van der Waals surface area contributed by atoms with E-state index in [1.807, 2.05) is 23.7 Å². The second-order valence-corrected chi connectivity index (χ2v) is 8.02. The molecule has 1 saturated carbocycles. The Morgan fingerprint density at radius 2 is 1.82 bits per heavy atom. The maximum Gasteiger partial charge on any atom is 0.140 e. The fourth-order valence-corrected chi connectivity index (χ4v) is 5.28. The first-order valence-electron chi connectivity index (χ1n) is 6.78. The highest BCUT2D eigenvalue weighted by molar-refractivity contribution is 8.38. The van der Waals surface area contributed by atoms with E-state index in [-0.39, 0.29) is 0 Å². The van der Waals surface area contributed by atoms with E-state index in [0.29, 0.717) is 18.1 Å². The van der Waals surface area contributed by atoms with Gasteiger partial charge in [0.05, 0.1) is 6.04 Å². The summed E-state index contributed by atoms with van der Waals surface area (Å²) in [4.78, 5) is 4.92. The highest BCUT2D eigenvalue weighted by Gasteiger charge is 2.33. The van der Waals surface area contributed by atoms with E-state index in [1.165, 1.54) is 30.1 Å². The molecule has 2 nitrogen and oxygen atoms in total. The van der Waals surface area contributed by atoms with E-state index in [2.05, 4.69) is 32.0 Å². The maximum absolute atomic E-state index is 4.92. The van der Waals surface area contributed by atoms with Crippen molar-refractivity contribution >= 4 is 28.1 Å². The number of hydrogen-bond donors (Lipinski definition) is 0. The molecule has 1 aliphatic carbocycles. The van der Waals surface area contributed by atoms with E-state index in [0.717, 1.165) is 5.25 Å². The molecular weight excluding hydrogens is 248 g/mol. The van der Waals surface area contributed by atoms with Crippen LogP contribution >= 0.6 is 23.7 Å². The average Bonchev–Trinajstić information content (AvgIpc) is 2.67. The van der Waals surface area contributed by atoms with Crippen molar-refractivity contribution in [2.45, 2.75) is 76.8 Å². The molecule has 0 radical (unpaired) electrons. The summed E-state index contributed by atoms with van der Waals surface area (Å²) >= 11 is 3.91. The molecule has 0 bridgehead atoms. The third kappa shape index (κ3) is 3.42. The Labute approximate surface area is 114 Å². The van der Waals surface area contributed by atoms with Crippen LogP contribution in [0, 0.1) is 0 Å². The summed E-state index contributed by atoms with van der Waals surface area (Å²) in [5, 5.41) is 0.785. The molecule has 2 atom stereocenters. The molecule has 0 spiro atoms. The van der Waals surface area contributed by atoms with Crippen LogP contribution in [0.15, 0.2) is 4.99 Å². The molecule has 17 heavy (non-hydrogen) atoms. The first-order chi connectivity index (χ1) is 8.08. The minimum Gasteiger partial charge on any atom is -0.266 e. The second kappa shape index (κ2) is 5.98. The van der Waals surface area contributed by atoms with Gasteiger partial charge in [-0.3, -0.25) is 4.99 Å². The quantitative estimate of drug-likeness (QED) is 0.717. The molecule has 1 aliphatic heterocycles. The summed E-state index contributed by atoms with van der Waals surface area (Å²) in [5.74, 6) is 0. The van der Waals surface area contributed by atoms with Crippen molar-refractivity contribution in [1.29, 1.82) is 0 Å². The number of aliphatic imine (C=N–C) groups is 1. The summed E-state index contributed by atoms with van der Waals surface area (Å²) in [6.45, 7) is 9.06. The van der Waals surface area contributed by atoms with Gasteiger partial charge in [-0.05, 0) is 52.5 Å². The summed E-state index contributed by atoms with van der Waals surface area (Å²) in [7, 11) is 0. The molecule has 1 heterocycles. The Hall–Kier alpha value is 0.330. The lowest BCUT2D eigenvalue weighted by atomic mass is 9.96. The predicted octanol–water partition coefficient (Wildman–Crippen LogP) is 4.17. The standard InChI is InChI=1S/C13H24N2S2/c1-9(2)15(10(3)4)17-13-14-11-7-5-6-8-12(11)16-13/h9-12H,5-8H2,1-4H3. The van der Waals surface area contributed by atoms with Gasteiger partial charge in [-0.1, -0.05) is 24.6 Å². The summed E-state index contributed by atoms with van der Waals surface area (Å²) < 4.78 is 3.77. The summed E-state index contributed by atoms with van der Waals surface area (Å²) in [6, 6.07) is 1.77. The first kappa shape index (κ1) is 13.8. The monoisotopic (exact) mass is 272 g/mol. The fraction of sp³-hybridized carbons (Fsp3) is 0.923. The molecule has 0 aromatic rings. The van der Waals surface area contributed by atoms with Gasteiger partial charge in [-0.2, -0.15) is 0 Å². The average molecular weight is 272 g/mol. The van der Waals surface area contributed by atoms with Crippen molar-refractivity contribution in [3.05, 3.63) is 0 Å². The van der Waals surface area contributed by atoms with E-state index < -0.39 is 0 Å². The van der Waals surface area contributed by atoms with Crippen LogP contribution in [0.4, 0.5) is 0 Å². The summed E-state index contributed by atoms with van der Waals surface area (Å²) in [6.07, 6.45) is 5.46. The van der Waals surface area contributed by atoms with Crippen molar-refractivity contribution in [3.8, 4) is 0 Å². The van der Waals surface area contributed by atoms with Crippen molar-refractivity contribution in [2.75, 3.05) is 0 Å². The van der Waals surface area contributed by atoms with Crippen molar-refractivity contribution in [2.24, 2.45) is 4.99 Å². The van der Waals surface area contributed by atoms with Crippen LogP contribution in [0.3, 0.4) is 0 Å². The van der Waals surface area contributed by atoms with Gasteiger partial charge in [0, 0.05) is 17.3 Å². The third-order valence-corrected chi connectivity index (χ3v) is 6.38. The maximum atomic E-state index is 4.92. The molecule has 0 saturated heterocycles. The lowest BCUT2D eigenvalue weighted by molar-refractivity contribution is 0.338. The van der Waals surface area contributed by atoms with Gasteiger partial charge in [-0.15, -0.1) is 0 Å². The SMILES string of the molecule is CC(C)N(SC1=NC2CCCCC2S1)C(C)C. The largest absolute Gasteiger partial charge is 0.266 e. The van der Waals surface area contributed by atoms with E-state index >= 15 is 0 Å². The van der Waals surface area contributed by atoms with Crippen LogP contribution in [0.1, 0.15) is 53.4 Å². The van der Waals surface area contributed by atoms with Gasteiger partial charge in [0.1, 0.15) is 4.38 Å². The minimum absolute atomic E-state index is 0.575. The smallest absolute Gasteiger partial charge is 0.140 e. The number of rotatable bonds is 3. The molecule has 2 rings (SSSR count). The molecule has 1 fully saturated rings. The zero-order chi connectivity index (χ0) is 12.4. The van der Waals surface area contributed by atoms with Crippen LogP contribution in [0.5, 0.6) is 0 Å². The number of hydrogen-bond acceptors (Lipinski definition) is 4. The Balaban J connectivity index is 1.95. The van der Waals surface area contributed by atoms with Crippen molar-refractivity contribution in [1.82, 2.24) is 4.31 Å². The Morgan fingerprint density at radius 3 is 2.41 bits per heavy atom. The van der Waals surface area contributed by atoms with Gasteiger partial charge in [0.15, 0.2) is 0 Å². The molecule has 2 aliphatic rings. The number of thioether (sulfide) groups is 1. The molecule has 4 heteroatoms. The van der Waals surface area contributed by atoms with E-state index in [9.17, 15) is 0 Å². The molecule has 98 valence electrons. The van der Waals surface area contributed by atoms with Gasteiger partial charge < -0.3 is 0 Å². The Kier molecular flexibility index (Phi) is 4.84. The lowest BCUT2D eigenvalue weighted by Gasteiger charge is -2.28. The highest BCUT2D eigenvalue weighted by atomic mass is 32.2. The van der Waals surface area contributed by atoms with Crippen molar-refractivity contribution < 1.29 is 0 Å². The van der Waals surface area contributed by atoms with Crippen LogP contribution < -0.4 is 0 Å². The number of fused-ring (bicyclic) bond motifs is 1. The van der Waals surface area contributed by atoms with Gasteiger partial charge >= 0.3 is 0 Å². The van der Waals surface area contributed by atoms with Crippen LogP contribution in [0.2, 0.25) is 0 Å². The predicted molar refractivity (Wildman–Crippen MR) is 80.8 cm³/mol. The van der Waals surface area contributed by atoms with Crippen LogP contribution in [-0.4, -0.2) is 32.1 Å². The van der Waals surface area contributed by atoms with Gasteiger partial charge in [0.25, 0.3) is 0 Å². The van der Waals surface area contributed by atoms with Crippen LogP contribution in [0.25, 0.3) is 0 Å². The molecular formula is C13H24N2S2. The molecule has 0 N–H and O–H groups in total. The third-order valence-electron chi connectivity index (χ3n) is 3.39. The molecule has 0 aromatic heterocycles.